The lowest BCUT2D eigenvalue weighted by Crippen LogP contribution is -2.46. The summed E-state index contributed by atoms with van der Waals surface area (Å²) in [4.78, 5) is 26.1. The lowest BCUT2D eigenvalue weighted by molar-refractivity contribution is -0.139. The largest absolute Gasteiger partial charge is 0.497 e. The molecule has 1 aliphatic rings. The van der Waals surface area contributed by atoms with Gasteiger partial charge in [0, 0.05) is 11.4 Å². The van der Waals surface area contributed by atoms with Crippen molar-refractivity contribution >= 4 is 35.1 Å². The van der Waals surface area contributed by atoms with Crippen molar-refractivity contribution in [2.45, 2.75) is 18.2 Å². The van der Waals surface area contributed by atoms with Crippen LogP contribution in [0.5, 0.6) is 5.75 Å². The Bertz CT molecular complexity index is 1130. The van der Waals surface area contributed by atoms with Crippen molar-refractivity contribution in [3.05, 3.63) is 58.6 Å². The summed E-state index contributed by atoms with van der Waals surface area (Å²) < 4.78 is 16.2. The van der Waals surface area contributed by atoms with E-state index in [1.165, 1.54) is 23.1 Å². The van der Waals surface area contributed by atoms with Crippen LogP contribution in [0.3, 0.4) is 0 Å². The van der Waals surface area contributed by atoms with Gasteiger partial charge in [-0.2, -0.15) is 0 Å². The summed E-state index contributed by atoms with van der Waals surface area (Å²) >= 11 is 2.72. The fourth-order valence-corrected chi connectivity index (χ4v) is 4.51. The highest BCUT2D eigenvalue weighted by Gasteiger charge is 2.34. The second kappa shape index (κ2) is 9.88. The fourth-order valence-electron chi connectivity index (χ4n) is 3.13. The van der Waals surface area contributed by atoms with Crippen molar-refractivity contribution < 1.29 is 23.5 Å². The summed E-state index contributed by atoms with van der Waals surface area (Å²) in [7, 11) is 1.57. The summed E-state index contributed by atoms with van der Waals surface area (Å²) in [6, 6.07) is 9.83. The summed E-state index contributed by atoms with van der Waals surface area (Å²) in [5, 5.41) is 15.9. The van der Waals surface area contributed by atoms with Crippen molar-refractivity contribution in [1.82, 2.24) is 20.8 Å². The first-order valence-electron chi connectivity index (χ1n) is 9.70. The first-order valence-corrected chi connectivity index (χ1v) is 11.6. The Kier molecular flexibility index (Phi) is 6.76. The maximum Gasteiger partial charge on any atom is 0.338 e. The molecule has 166 valence electrons. The number of esters is 1. The van der Waals surface area contributed by atoms with E-state index in [0.717, 1.165) is 10.4 Å². The minimum Gasteiger partial charge on any atom is -0.497 e. The molecule has 0 saturated carbocycles. The van der Waals surface area contributed by atoms with Crippen LogP contribution < -0.4 is 15.4 Å². The number of urea groups is 1. The molecule has 0 aliphatic carbocycles. The normalized spacial score (nSPS) is 15.8. The predicted octanol–water partition coefficient (Wildman–Crippen LogP) is 3.77. The van der Waals surface area contributed by atoms with Crippen molar-refractivity contribution in [2.24, 2.45) is 0 Å². The second-order valence-corrected chi connectivity index (χ2v) is 8.43. The van der Waals surface area contributed by atoms with Gasteiger partial charge in [0.1, 0.15) is 5.75 Å². The maximum atomic E-state index is 12.8. The molecule has 2 aromatic heterocycles. The number of benzene rings is 1. The van der Waals surface area contributed by atoms with E-state index < -0.39 is 18.0 Å². The molecule has 2 N–H and O–H groups in total. The molecule has 3 aromatic rings. The van der Waals surface area contributed by atoms with Gasteiger partial charge < -0.3 is 24.5 Å². The van der Waals surface area contributed by atoms with E-state index >= 15 is 0 Å². The highest BCUT2D eigenvalue weighted by Crippen LogP contribution is 2.32. The smallest absolute Gasteiger partial charge is 0.338 e. The van der Waals surface area contributed by atoms with E-state index in [-0.39, 0.29) is 12.4 Å². The van der Waals surface area contributed by atoms with Gasteiger partial charge in [0.2, 0.25) is 0 Å². The van der Waals surface area contributed by atoms with Crippen molar-refractivity contribution in [1.29, 1.82) is 0 Å². The minimum atomic E-state index is -0.673. The van der Waals surface area contributed by atoms with Crippen LogP contribution in [0.15, 0.2) is 62.7 Å². The monoisotopic (exact) mass is 472 g/mol. The molecule has 1 unspecified atom stereocenters. The highest BCUT2D eigenvalue weighted by atomic mass is 32.2. The van der Waals surface area contributed by atoms with Crippen molar-refractivity contribution in [3.8, 4) is 16.5 Å². The Morgan fingerprint density at radius 1 is 1.25 bits per heavy atom. The molecule has 1 aliphatic heterocycles. The SMILES string of the molecule is CCOC(=O)C1=C(CSc2nnc(-c3cccs3)o2)NC(=O)NC1c1ccc(OC)cc1. The number of methoxy groups -OCH3 is 1. The number of amides is 2. The van der Waals surface area contributed by atoms with E-state index in [0.29, 0.717) is 28.1 Å². The average molecular weight is 473 g/mol. The Balaban J connectivity index is 1.62. The van der Waals surface area contributed by atoms with E-state index in [1.54, 1.807) is 38.3 Å². The van der Waals surface area contributed by atoms with E-state index in [1.807, 2.05) is 17.5 Å². The molecule has 9 nitrogen and oxygen atoms in total. The van der Waals surface area contributed by atoms with Gasteiger partial charge in [-0.15, -0.1) is 21.5 Å². The van der Waals surface area contributed by atoms with Crippen molar-refractivity contribution in [2.75, 3.05) is 19.5 Å². The highest BCUT2D eigenvalue weighted by molar-refractivity contribution is 7.99. The van der Waals surface area contributed by atoms with Crippen LogP contribution in [0.4, 0.5) is 4.79 Å². The number of carbonyl (C=O) groups excluding carboxylic acids is 2. The molecule has 0 spiro atoms. The number of hydrogen-bond donors (Lipinski definition) is 2. The second-order valence-electron chi connectivity index (χ2n) is 6.56. The van der Waals surface area contributed by atoms with E-state index in [2.05, 4.69) is 20.8 Å². The number of hydrogen-bond acceptors (Lipinski definition) is 9. The quantitative estimate of drug-likeness (QED) is 0.376. The van der Waals surface area contributed by atoms with Crippen LogP contribution in [0.1, 0.15) is 18.5 Å². The summed E-state index contributed by atoms with van der Waals surface area (Å²) in [5.74, 6) is 0.818. The fraction of sp³-hybridized carbons (Fsp3) is 0.238. The molecule has 0 radical (unpaired) electrons. The first kappa shape index (κ1) is 21.9. The average Bonchev–Trinajstić information content (AvgIpc) is 3.49. The van der Waals surface area contributed by atoms with Crippen LogP contribution in [-0.2, 0) is 9.53 Å². The molecule has 2 amide bonds. The molecule has 1 aromatic carbocycles. The Morgan fingerprint density at radius 2 is 2.06 bits per heavy atom. The number of carbonyl (C=O) groups is 2. The van der Waals surface area contributed by atoms with Crippen LogP contribution in [0.25, 0.3) is 10.8 Å². The zero-order valence-electron chi connectivity index (χ0n) is 17.3. The number of nitrogens with zero attached hydrogens (tertiary/aromatic N) is 2. The van der Waals surface area contributed by atoms with Gasteiger partial charge in [-0.3, -0.25) is 0 Å². The molecule has 11 heteroatoms. The third kappa shape index (κ3) is 4.78. The molecule has 1 atom stereocenters. The molecule has 4 rings (SSSR count). The van der Waals surface area contributed by atoms with Gasteiger partial charge in [0.05, 0.1) is 30.2 Å². The Morgan fingerprint density at radius 3 is 2.75 bits per heavy atom. The van der Waals surface area contributed by atoms with Gasteiger partial charge >= 0.3 is 12.0 Å². The van der Waals surface area contributed by atoms with Gasteiger partial charge in [-0.25, -0.2) is 9.59 Å². The predicted molar refractivity (Wildman–Crippen MR) is 119 cm³/mol. The lowest BCUT2D eigenvalue weighted by Gasteiger charge is -2.29. The summed E-state index contributed by atoms with van der Waals surface area (Å²) in [6.45, 7) is 1.94. The third-order valence-electron chi connectivity index (χ3n) is 4.58. The molecule has 0 saturated heterocycles. The van der Waals surface area contributed by atoms with E-state index in [9.17, 15) is 9.59 Å². The number of thiophene rings is 1. The zero-order chi connectivity index (χ0) is 22.5. The molecule has 3 heterocycles. The topological polar surface area (TPSA) is 116 Å². The number of thioether (sulfide) groups is 1. The van der Waals surface area contributed by atoms with Gasteiger partial charge in [-0.05, 0) is 36.1 Å². The lowest BCUT2D eigenvalue weighted by atomic mass is 9.95. The molecule has 0 fully saturated rings. The van der Waals surface area contributed by atoms with Gasteiger partial charge in [0.25, 0.3) is 11.1 Å². The maximum absolute atomic E-state index is 12.8. The number of rotatable bonds is 8. The van der Waals surface area contributed by atoms with Crippen LogP contribution in [-0.4, -0.2) is 41.7 Å². The molecular formula is C21H20N4O5S2. The van der Waals surface area contributed by atoms with Gasteiger partial charge in [-0.1, -0.05) is 30.0 Å². The van der Waals surface area contributed by atoms with Crippen LogP contribution >= 0.6 is 23.1 Å². The molecule has 32 heavy (non-hydrogen) atoms. The molecular weight excluding hydrogens is 452 g/mol. The van der Waals surface area contributed by atoms with Gasteiger partial charge in [0.15, 0.2) is 0 Å². The summed E-state index contributed by atoms with van der Waals surface area (Å²) in [5.41, 5.74) is 1.47. The van der Waals surface area contributed by atoms with E-state index in [4.69, 9.17) is 13.9 Å². The number of aromatic nitrogens is 2. The number of nitrogens with one attached hydrogen (secondary N) is 2. The van der Waals surface area contributed by atoms with Crippen molar-refractivity contribution in [3.63, 3.8) is 0 Å². The summed E-state index contributed by atoms with van der Waals surface area (Å²) in [6.07, 6.45) is 0. The molecule has 0 bridgehead atoms. The Hall–Kier alpha value is -3.31. The first-order chi connectivity index (χ1) is 15.6. The number of ether oxygens (including phenoxy) is 2. The zero-order valence-corrected chi connectivity index (χ0v) is 18.9. The van der Waals surface area contributed by atoms with Crippen LogP contribution in [0, 0.1) is 0 Å². The van der Waals surface area contributed by atoms with Crippen LogP contribution in [0.2, 0.25) is 0 Å². The Labute approximate surface area is 192 Å². The third-order valence-corrected chi connectivity index (χ3v) is 6.28. The standard InChI is InChI=1S/C21H20N4O5S2/c1-3-29-19(26)16-14(11-32-21-25-24-18(30-21)15-5-4-10-31-15)22-20(27)23-17(16)12-6-8-13(28-2)9-7-12/h4-10,17H,3,11H2,1-2H3,(H2,22,23,27). The minimum absolute atomic E-state index is 0.208.